The molecule has 0 unspecified atom stereocenters. The number of ether oxygens (including phenoxy) is 1. The third-order valence-corrected chi connectivity index (χ3v) is 6.78. The van der Waals surface area contributed by atoms with E-state index in [2.05, 4.69) is 11.8 Å². The lowest BCUT2D eigenvalue weighted by atomic mass is 9.78. The average Bonchev–Trinajstić information content (AvgIpc) is 3.30. The third kappa shape index (κ3) is 5.01. The van der Waals surface area contributed by atoms with E-state index in [1.165, 1.54) is 18.2 Å². The van der Waals surface area contributed by atoms with E-state index in [0.29, 0.717) is 26.2 Å². The van der Waals surface area contributed by atoms with E-state index in [1.807, 2.05) is 30.3 Å². The fraction of sp³-hybridized carbons (Fsp3) is 0.346. The monoisotopic (exact) mass is 475 g/mol. The summed E-state index contributed by atoms with van der Waals surface area (Å²) in [6.07, 6.45) is 2.22. The molecule has 2 amide bonds. The van der Waals surface area contributed by atoms with E-state index < -0.39 is 22.5 Å². The fourth-order valence-electron chi connectivity index (χ4n) is 4.78. The lowest BCUT2D eigenvalue weighted by Crippen LogP contribution is -2.44. The minimum atomic E-state index is -0.919. The number of hydrogen-bond acceptors (Lipinski definition) is 6. The van der Waals surface area contributed by atoms with Crippen LogP contribution in [0.25, 0.3) is 0 Å². The maximum atomic E-state index is 13.3. The van der Waals surface area contributed by atoms with E-state index in [1.54, 1.807) is 9.80 Å². The van der Waals surface area contributed by atoms with Gasteiger partial charge in [0.05, 0.1) is 17.6 Å². The Labute approximate surface area is 202 Å². The van der Waals surface area contributed by atoms with Crippen molar-refractivity contribution in [3.63, 3.8) is 0 Å². The second-order valence-electron chi connectivity index (χ2n) is 8.83. The van der Waals surface area contributed by atoms with E-state index in [-0.39, 0.29) is 22.4 Å². The van der Waals surface area contributed by atoms with Gasteiger partial charge in [-0.1, -0.05) is 30.2 Å². The first-order valence-corrected chi connectivity index (χ1v) is 11.3. The Bertz CT molecular complexity index is 1220. The van der Waals surface area contributed by atoms with E-state index in [4.69, 9.17) is 4.74 Å². The van der Waals surface area contributed by atoms with E-state index >= 15 is 0 Å². The highest BCUT2D eigenvalue weighted by molar-refractivity contribution is 6.08. The molecule has 9 heteroatoms. The third-order valence-electron chi connectivity index (χ3n) is 6.78. The number of rotatable bonds is 3. The van der Waals surface area contributed by atoms with Crippen molar-refractivity contribution in [1.82, 2.24) is 9.80 Å². The number of methoxy groups -OCH3 is 1. The largest absolute Gasteiger partial charge is 0.465 e. The highest BCUT2D eigenvalue weighted by Gasteiger charge is 2.43. The van der Waals surface area contributed by atoms with Gasteiger partial charge in [-0.2, -0.15) is 0 Å². The Hall–Kier alpha value is -4.19. The Morgan fingerprint density at radius 3 is 2.26 bits per heavy atom. The second-order valence-corrected chi connectivity index (χ2v) is 8.83. The number of nitro groups is 1. The molecule has 0 radical (unpaired) electrons. The fourth-order valence-corrected chi connectivity index (χ4v) is 4.78. The molecule has 0 N–H and O–H groups in total. The van der Waals surface area contributed by atoms with Crippen LogP contribution in [0.5, 0.6) is 0 Å². The predicted molar refractivity (Wildman–Crippen MR) is 127 cm³/mol. The molecule has 9 nitrogen and oxygen atoms in total. The van der Waals surface area contributed by atoms with Crippen molar-refractivity contribution >= 4 is 23.5 Å². The SMILES string of the molecule is COC(=O)c1c(C(=O)N2CCC3(CCN(C(=O)C#Cc4ccccc4)CC3)C2)cccc1[N+](=O)[O-]. The molecule has 0 aliphatic carbocycles. The normalized spacial score (nSPS) is 16.4. The van der Waals surface area contributed by atoms with Crippen molar-refractivity contribution in [3.8, 4) is 11.8 Å². The molecule has 1 spiro atoms. The number of benzene rings is 2. The van der Waals surface area contributed by atoms with Crippen molar-refractivity contribution in [2.24, 2.45) is 5.41 Å². The molecule has 0 saturated carbocycles. The lowest BCUT2D eigenvalue weighted by Gasteiger charge is -2.38. The van der Waals surface area contributed by atoms with Crippen LogP contribution in [0.3, 0.4) is 0 Å². The second kappa shape index (κ2) is 9.97. The summed E-state index contributed by atoms with van der Waals surface area (Å²) < 4.78 is 4.71. The summed E-state index contributed by atoms with van der Waals surface area (Å²) in [5.74, 6) is 4.04. The van der Waals surface area contributed by atoms with Crippen molar-refractivity contribution < 1.29 is 24.0 Å². The lowest BCUT2D eigenvalue weighted by molar-refractivity contribution is -0.385. The number of likely N-dealkylation sites (tertiary alicyclic amines) is 2. The van der Waals surface area contributed by atoms with Gasteiger partial charge >= 0.3 is 5.97 Å². The molecule has 2 saturated heterocycles. The molecule has 2 aliphatic heterocycles. The van der Waals surface area contributed by atoms with Crippen molar-refractivity contribution in [2.75, 3.05) is 33.3 Å². The molecule has 2 heterocycles. The number of carbonyl (C=O) groups is 3. The summed E-state index contributed by atoms with van der Waals surface area (Å²) in [7, 11) is 1.12. The topological polar surface area (TPSA) is 110 Å². The Kier molecular flexibility index (Phi) is 6.82. The summed E-state index contributed by atoms with van der Waals surface area (Å²) in [5, 5.41) is 11.4. The first-order valence-electron chi connectivity index (χ1n) is 11.3. The highest BCUT2D eigenvalue weighted by atomic mass is 16.6. The Morgan fingerprint density at radius 2 is 1.63 bits per heavy atom. The summed E-state index contributed by atoms with van der Waals surface area (Å²) in [4.78, 5) is 52.2. The molecule has 2 fully saturated rings. The van der Waals surface area contributed by atoms with Crippen LogP contribution in [0.2, 0.25) is 0 Å². The minimum absolute atomic E-state index is 0.0353. The maximum Gasteiger partial charge on any atom is 0.345 e. The minimum Gasteiger partial charge on any atom is -0.465 e. The van der Waals surface area contributed by atoms with Crippen LogP contribution in [0, 0.1) is 27.4 Å². The molecule has 35 heavy (non-hydrogen) atoms. The molecular formula is C26H25N3O6. The van der Waals surface area contributed by atoms with Gasteiger partial charge in [-0.25, -0.2) is 4.79 Å². The molecule has 2 aliphatic rings. The Morgan fingerprint density at radius 1 is 0.971 bits per heavy atom. The molecule has 2 aromatic rings. The van der Waals surface area contributed by atoms with Crippen LogP contribution in [0.1, 0.15) is 45.5 Å². The molecule has 180 valence electrons. The zero-order chi connectivity index (χ0) is 25.0. The number of nitro benzene ring substituents is 1. The van der Waals surface area contributed by atoms with Crippen LogP contribution >= 0.6 is 0 Å². The highest BCUT2D eigenvalue weighted by Crippen LogP contribution is 2.41. The van der Waals surface area contributed by atoms with Crippen LogP contribution in [0.15, 0.2) is 48.5 Å². The number of hydrogen-bond donors (Lipinski definition) is 0. The quantitative estimate of drug-likeness (QED) is 0.292. The van der Waals surface area contributed by atoms with Gasteiger partial charge in [-0.15, -0.1) is 0 Å². The predicted octanol–water partition coefficient (Wildman–Crippen LogP) is 2.89. The van der Waals surface area contributed by atoms with Gasteiger partial charge in [0.1, 0.15) is 5.56 Å². The molecule has 4 rings (SSSR count). The summed E-state index contributed by atoms with van der Waals surface area (Å²) in [6.45, 7) is 2.04. The van der Waals surface area contributed by atoms with Gasteiger partial charge in [0, 0.05) is 43.7 Å². The smallest absolute Gasteiger partial charge is 0.345 e. The zero-order valence-corrected chi connectivity index (χ0v) is 19.4. The number of nitrogens with zero attached hydrogens (tertiary/aromatic N) is 3. The summed E-state index contributed by atoms with van der Waals surface area (Å²) >= 11 is 0. The van der Waals surface area contributed by atoms with Crippen molar-refractivity contribution in [3.05, 3.63) is 75.3 Å². The molecule has 0 atom stereocenters. The first kappa shape index (κ1) is 24.0. The molecular weight excluding hydrogens is 450 g/mol. The van der Waals surface area contributed by atoms with E-state index in [9.17, 15) is 24.5 Å². The van der Waals surface area contributed by atoms with Crippen LogP contribution in [-0.4, -0.2) is 65.8 Å². The van der Waals surface area contributed by atoms with Gasteiger partial charge in [-0.05, 0) is 42.9 Å². The van der Waals surface area contributed by atoms with Gasteiger partial charge < -0.3 is 14.5 Å². The first-order chi connectivity index (χ1) is 16.8. The standard InChI is InChI=1S/C26H25N3O6/c1-35-25(32)23-20(8-5-9-21(23)29(33)34)24(31)28-17-14-26(18-28)12-15-27(16-13-26)22(30)11-10-19-6-3-2-4-7-19/h2-9H,12-18H2,1H3. The number of esters is 1. The molecule has 0 bridgehead atoms. The Balaban J connectivity index is 1.43. The van der Waals surface area contributed by atoms with Crippen molar-refractivity contribution in [1.29, 1.82) is 0 Å². The van der Waals surface area contributed by atoms with Gasteiger partial charge in [0.25, 0.3) is 17.5 Å². The zero-order valence-electron chi connectivity index (χ0n) is 19.4. The van der Waals surface area contributed by atoms with Crippen LogP contribution in [0.4, 0.5) is 5.69 Å². The molecule has 2 aromatic carbocycles. The maximum absolute atomic E-state index is 13.3. The molecule has 0 aromatic heterocycles. The summed E-state index contributed by atoms with van der Waals surface area (Å²) in [6, 6.07) is 13.3. The van der Waals surface area contributed by atoms with Gasteiger partial charge in [-0.3, -0.25) is 19.7 Å². The number of piperidine rings is 1. The van der Waals surface area contributed by atoms with Gasteiger partial charge in [0.2, 0.25) is 0 Å². The van der Waals surface area contributed by atoms with Crippen LogP contribution < -0.4 is 0 Å². The number of amides is 2. The van der Waals surface area contributed by atoms with Crippen LogP contribution in [-0.2, 0) is 9.53 Å². The number of carbonyl (C=O) groups excluding carboxylic acids is 3. The van der Waals surface area contributed by atoms with Crippen molar-refractivity contribution in [2.45, 2.75) is 19.3 Å². The average molecular weight is 476 g/mol. The van der Waals surface area contributed by atoms with E-state index in [0.717, 1.165) is 31.9 Å². The summed E-state index contributed by atoms with van der Waals surface area (Å²) in [5.41, 5.74) is -0.173. The van der Waals surface area contributed by atoms with Gasteiger partial charge in [0.15, 0.2) is 0 Å².